The third kappa shape index (κ3) is 3.59. The molecule has 3 nitrogen and oxygen atoms in total. The van der Waals surface area contributed by atoms with E-state index in [1.165, 1.54) is 0 Å². The molecule has 1 saturated heterocycles. The Hall–Kier alpha value is -0.590. The van der Waals surface area contributed by atoms with Crippen molar-refractivity contribution in [2.45, 2.75) is 0 Å². The van der Waals surface area contributed by atoms with Crippen molar-refractivity contribution in [1.29, 1.82) is 5.26 Å². The lowest BCUT2D eigenvalue weighted by Gasteiger charge is -2.10. The summed E-state index contributed by atoms with van der Waals surface area (Å²) < 4.78 is 5.01. The van der Waals surface area contributed by atoms with E-state index in [0.29, 0.717) is 0 Å². The number of ether oxygens (including phenoxy) is 1. The maximum Gasteiger partial charge on any atom is 0.0591 e. The Morgan fingerprint density at radius 1 is 1.25 bits per heavy atom. The Kier molecular flexibility index (Phi) is 5.94. The Bertz CT molecular complexity index is 47.2. The Morgan fingerprint density at radius 2 is 1.75 bits per heavy atom. The molecule has 0 bridgehead atoms. The molecule has 46 valence electrons. The summed E-state index contributed by atoms with van der Waals surface area (Å²) in [5.74, 6) is 0. The van der Waals surface area contributed by atoms with E-state index in [2.05, 4.69) is 11.9 Å². The van der Waals surface area contributed by atoms with Gasteiger partial charge in [-0.25, -0.2) is 5.26 Å². The van der Waals surface area contributed by atoms with Gasteiger partial charge in [-0.2, -0.15) is 0 Å². The van der Waals surface area contributed by atoms with E-state index >= 15 is 0 Å². The lowest BCUT2D eigenvalue weighted by molar-refractivity contribution is 0.109. The van der Waals surface area contributed by atoms with E-state index in [0.717, 1.165) is 26.3 Å². The van der Waals surface area contributed by atoms with Crippen LogP contribution in [0.3, 0.4) is 0 Å². The summed E-state index contributed by atoms with van der Waals surface area (Å²) in [6, 6.07) is 0. The molecule has 3 heteroatoms. The second-order valence-electron chi connectivity index (χ2n) is 1.36. The summed E-state index contributed by atoms with van der Waals surface area (Å²) in [6.07, 6.45) is 0. The highest BCUT2D eigenvalue weighted by Gasteiger charge is 1.92. The van der Waals surface area contributed by atoms with Crippen molar-refractivity contribution < 1.29 is 4.74 Å². The smallest absolute Gasteiger partial charge is 0.0591 e. The second kappa shape index (κ2) is 6.41. The number of morpholine rings is 1. The average Bonchev–Trinajstić information content (AvgIpc) is 1.96. The minimum Gasteiger partial charge on any atom is -0.379 e. The van der Waals surface area contributed by atoms with Gasteiger partial charge in [-0.1, -0.05) is 0 Å². The number of hydrogen-bond donors (Lipinski definition) is 1. The van der Waals surface area contributed by atoms with Crippen molar-refractivity contribution in [3.8, 4) is 6.57 Å². The first-order chi connectivity index (χ1) is 4.00. The molecule has 0 amide bonds. The minimum atomic E-state index is 0.889. The highest BCUT2D eigenvalue weighted by atomic mass is 16.5. The molecule has 0 aliphatic carbocycles. The van der Waals surface area contributed by atoms with Crippen LogP contribution in [0.1, 0.15) is 0 Å². The standard InChI is InChI=1S/C4H9NO.CHN/c1-3-6-4-2-5-1;1-2/h5H,1-4H2;1H. The first kappa shape index (κ1) is 7.41. The average molecular weight is 114 g/mol. The van der Waals surface area contributed by atoms with Crippen LogP contribution in [0.25, 0.3) is 0 Å². The van der Waals surface area contributed by atoms with E-state index in [9.17, 15) is 0 Å². The highest BCUT2D eigenvalue weighted by Crippen LogP contribution is 1.76. The van der Waals surface area contributed by atoms with Gasteiger partial charge >= 0.3 is 0 Å². The molecular formula is C5H10N2O. The van der Waals surface area contributed by atoms with E-state index in [4.69, 9.17) is 10.00 Å². The minimum absolute atomic E-state index is 0.889. The fourth-order valence-corrected chi connectivity index (χ4v) is 0.516. The Labute approximate surface area is 49.3 Å². The van der Waals surface area contributed by atoms with Crippen molar-refractivity contribution in [3.05, 3.63) is 0 Å². The summed E-state index contributed by atoms with van der Waals surface area (Å²) >= 11 is 0. The maximum absolute atomic E-state index is 6.50. The summed E-state index contributed by atoms with van der Waals surface area (Å²) in [5, 5.41) is 9.66. The molecule has 0 spiro atoms. The van der Waals surface area contributed by atoms with Crippen molar-refractivity contribution in [2.24, 2.45) is 0 Å². The predicted molar refractivity (Wildman–Crippen MR) is 30.4 cm³/mol. The molecule has 1 heterocycles. The van der Waals surface area contributed by atoms with Gasteiger partial charge in [0.2, 0.25) is 0 Å². The van der Waals surface area contributed by atoms with E-state index < -0.39 is 0 Å². The zero-order valence-electron chi connectivity index (χ0n) is 4.76. The first-order valence-electron chi connectivity index (χ1n) is 2.54. The molecule has 0 saturated carbocycles. The number of nitriles is 1. The molecule has 8 heavy (non-hydrogen) atoms. The molecule has 0 radical (unpaired) electrons. The zero-order chi connectivity index (χ0) is 6.24. The molecule has 1 aliphatic rings. The van der Waals surface area contributed by atoms with Crippen LogP contribution >= 0.6 is 0 Å². The van der Waals surface area contributed by atoms with Gasteiger partial charge < -0.3 is 10.1 Å². The van der Waals surface area contributed by atoms with Gasteiger partial charge in [-0.15, -0.1) is 0 Å². The largest absolute Gasteiger partial charge is 0.379 e. The van der Waals surface area contributed by atoms with E-state index in [1.807, 2.05) is 0 Å². The first-order valence-corrected chi connectivity index (χ1v) is 2.54. The molecule has 0 aromatic heterocycles. The van der Waals surface area contributed by atoms with Crippen LogP contribution < -0.4 is 5.32 Å². The topological polar surface area (TPSA) is 45.0 Å². The number of nitrogens with zero attached hydrogens (tertiary/aromatic N) is 1. The van der Waals surface area contributed by atoms with Gasteiger partial charge in [0.1, 0.15) is 0 Å². The molecule has 0 aromatic rings. The van der Waals surface area contributed by atoms with Crippen LogP contribution in [0.2, 0.25) is 0 Å². The van der Waals surface area contributed by atoms with E-state index in [1.54, 1.807) is 0 Å². The van der Waals surface area contributed by atoms with Gasteiger partial charge in [0.25, 0.3) is 0 Å². The normalized spacial score (nSPS) is 18.2. The van der Waals surface area contributed by atoms with Crippen LogP contribution in [0, 0.1) is 11.8 Å². The van der Waals surface area contributed by atoms with Gasteiger partial charge in [-0.05, 0) is 0 Å². The number of nitrogens with one attached hydrogen (secondary N) is 1. The molecular weight excluding hydrogens is 104 g/mol. The molecule has 1 N–H and O–H groups in total. The molecule has 0 atom stereocenters. The summed E-state index contributed by atoms with van der Waals surface area (Å²) in [4.78, 5) is 0. The van der Waals surface area contributed by atoms with Gasteiger partial charge in [-0.3, -0.25) is 0 Å². The summed E-state index contributed by atoms with van der Waals surface area (Å²) in [6.45, 7) is 7.33. The van der Waals surface area contributed by atoms with Gasteiger partial charge in [0.15, 0.2) is 0 Å². The number of hydrogen-bond acceptors (Lipinski definition) is 3. The van der Waals surface area contributed by atoms with E-state index in [-0.39, 0.29) is 0 Å². The summed E-state index contributed by atoms with van der Waals surface area (Å²) in [7, 11) is 0. The van der Waals surface area contributed by atoms with Crippen LogP contribution in [0.5, 0.6) is 0 Å². The molecule has 1 rings (SSSR count). The highest BCUT2D eigenvalue weighted by molar-refractivity contribution is 4.49. The van der Waals surface area contributed by atoms with Gasteiger partial charge in [0, 0.05) is 19.7 Å². The molecule has 1 aliphatic heterocycles. The van der Waals surface area contributed by atoms with Crippen LogP contribution in [-0.4, -0.2) is 26.3 Å². The van der Waals surface area contributed by atoms with Crippen molar-refractivity contribution in [1.82, 2.24) is 5.32 Å². The monoisotopic (exact) mass is 114 g/mol. The van der Waals surface area contributed by atoms with Crippen molar-refractivity contribution in [3.63, 3.8) is 0 Å². The van der Waals surface area contributed by atoms with Crippen LogP contribution in [0.15, 0.2) is 0 Å². The Morgan fingerprint density at radius 3 is 1.88 bits per heavy atom. The third-order valence-corrected chi connectivity index (χ3v) is 0.846. The van der Waals surface area contributed by atoms with Crippen molar-refractivity contribution in [2.75, 3.05) is 26.3 Å². The van der Waals surface area contributed by atoms with Crippen molar-refractivity contribution >= 4 is 0 Å². The lowest BCUT2D eigenvalue weighted by Crippen LogP contribution is -2.30. The predicted octanol–water partition coefficient (Wildman–Crippen LogP) is -0.254. The SMILES string of the molecule is C#N.C1COCCN1. The number of rotatable bonds is 0. The Balaban J connectivity index is 0.000000222. The molecule has 0 aromatic carbocycles. The zero-order valence-corrected chi connectivity index (χ0v) is 4.76. The quantitative estimate of drug-likeness (QED) is 0.472. The lowest BCUT2D eigenvalue weighted by atomic mass is 10.5. The fourth-order valence-electron chi connectivity index (χ4n) is 0.516. The van der Waals surface area contributed by atoms with Gasteiger partial charge in [0.05, 0.1) is 13.2 Å². The summed E-state index contributed by atoms with van der Waals surface area (Å²) in [5.41, 5.74) is 0. The maximum atomic E-state index is 6.50. The van der Waals surface area contributed by atoms with Crippen LogP contribution in [-0.2, 0) is 4.74 Å². The molecule has 0 unspecified atom stereocenters. The molecule has 1 fully saturated rings. The third-order valence-electron chi connectivity index (χ3n) is 0.846. The van der Waals surface area contributed by atoms with Crippen LogP contribution in [0.4, 0.5) is 0 Å². The second-order valence-corrected chi connectivity index (χ2v) is 1.36. The fraction of sp³-hybridized carbons (Fsp3) is 0.800.